The van der Waals surface area contributed by atoms with Crippen LogP contribution in [0.2, 0.25) is 0 Å². The van der Waals surface area contributed by atoms with Gasteiger partial charge in [0.1, 0.15) is 6.04 Å². The van der Waals surface area contributed by atoms with Gasteiger partial charge in [-0.1, -0.05) is 94.9 Å². The van der Waals surface area contributed by atoms with Crippen molar-refractivity contribution < 1.29 is 0 Å². The van der Waals surface area contributed by atoms with Gasteiger partial charge < -0.3 is 4.90 Å². The largest absolute Gasteiger partial charge is 0.323 e. The summed E-state index contributed by atoms with van der Waals surface area (Å²) in [6.45, 7) is 19.4. The maximum absolute atomic E-state index is 6.41. The Kier molecular flexibility index (Phi) is 9.45. The van der Waals surface area contributed by atoms with Crippen molar-refractivity contribution in [1.29, 1.82) is 0 Å². The van der Waals surface area contributed by atoms with Crippen molar-refractivity contribution in [3.05, 3.63) is 107 Å². The van der Waals surface area contributed by atoms with Crippen molar-refractivity contribution >= 4 is 11.3 Å². The monoisotopic (exact) mass is 491 g/mol. The molecule has 3 rings (SSSR count). The molecule has 0 fully saturated rings. The molecule has 0 saturated heterocycles. The number of rotatable bonds is 8. The van der Waals surface area contributed by atoms with Gasteiger partial charge in [-0.25, -0.2) is 0 Å². The molecule has 0 saturated carbocycles. The predicted molar refractivity (Wildman–Crippen MR) is 164 cm³/mol. The number of benzene rings is 1. The van der Waals surface area contributed by atoms with E-state index in [4.69, 9.17) is 6.42 Å². The van der Waals surface area contributed by atoms with E-state index < -0.39 is 0 Å². The molecule has 0 spiro atoms. The Bertz CT molecular complexity index is 1230. The summed E-state index contributed by atoms with van der Waals surface area (Å²) >= 11 is 0. The molecule has 2 atom stereocenters. The van der Waals surface area contributed by atoms with Crippen molar-refractivity contribution in [3.63, 3.8) is 0 Å². The van der Waals surface area contributed by atoms with Crippen LogP contribution in [-0.2, 0) is 6.42 Å². The van der Waals surface area contributed by atoms with E-state index in [0.717, 1.165) is 25.7 Å². The van der Waals surface area contributed by atoms with E-state index in [0.29, 0.717) is 5.92 Å². The third kappa shape index (κ3) is 6.19. The van der Waals surface area contributed by atoms with Crippen LogP contribution in [-0.4, -0.2) is 6.04 Å². The van der Waals surface area contributed by atoms with Crippen LogP contribution in [0.5, 0.6) is 0 Å². The van der Waals surface area contributed by atoms with Crippen LogP contribution in [0, 0.1) is 23.7 Å². The molecule has 1 heteroatoms. The molecule has 1 aliphatic heterocycles. The van der Waals surface area contributed by atoms with Gasteiger partial charge in [0, 0.05) is 11.3 Å². The number of hydrogen-bond acceptors (Lipinski definition) is 1. The Balaban J connectivity index is 2.32. The molecule has 0 amide bonds. The summed E-state index contributed by atoms with van der Waals surface area (Å²) in [5.41, 5.74) is 10.6. The van der Waals surface area contributed by atoms with Crippen molar-refractivity contribution in [2.45, 2.75) is 80.2 Å². The lowest BCUT2D eigenvalue weighted by molar-refractivity contribution is 0.411. The summed E-state index contributed by atoms with van der Waals surface area (Å²) in [7, 11) is 0. The Morgan fingerprint density at radius 2 is 2.00 bits per heavy atom. The zero-order chi connectivity index (χ0) is 27.2. The van der Waals surface area contributed by atoms with Crippen LogP contribution >= 0.6 is 0 Å². The standard InChI is InChI=1S/C36H45N/c1-10-15-18-26(6)29(12-3)32(13-4)37-33(14-5)35-28(19-16-11-2)20-17-21-30(35)31-24-27(22-23-34(31)37)25-36(7,8)9/h5,10-11,13,15-18,21-24,28,33H,1,12,19-20,25H2,2-4,6-9H3/b16-11?,18-15-,29-26+,32-13-. The molecular formula is C36H45N. The van der Waals surface area contributed by atoms with Gasteiger partial charge in [-0.3, -0.25) is 0 Å². The molecule has 2 aliphatic rings. The van der Waals surface area contributed by atoms with E-state index in [1.165, 1.54) is 44.8 Å². The highest BCUT2D eigenvalue weighted by Gasteiger charge is 2.38. The maximum atomic E-state index is 6.41. The quantitative estimate of drug-likeness (QED) is 0.199. The fraction of sp³-hybridized carbons (Fsp3) is 0.389. The predicted octanol–water partition coefficient (Wildman–Crippen LogP) is 9.77. The normalized spacial score (nSPS) is 20.7. The third-order valence-electron chi connectivity index (χ3n) is 7.32. The van der Waals surface area contributed by atoms with Crippen LogP contribution in [0.15, 0.2) is 95.8 Å². The summed E-state index contributed by atoms with van der Waals surface area (Å²) in [5, 5.41) is 0. The Labute approximate surface area is 226 Å². The molecule has 1 nitrogen and oxygen atoms in total. The SMILES string of the molecule is C#CC1C2=C(C=CCC2CC=CC)c2cc(CC(C)(C)C)ccc2N1C(=C\C)/C(CC)=C(C)/C=C\C=C. The summed E-state index contributed by atoms with van der Waals surface area (Å²) < 4.78 is 0. The second-order valence-corrected chi connectivity index (χ2v) is 11.3. The fourth-order valence-electron chi connectivity index (χ4n) is 5.81. The maximum Gasteiger partial charge on any atom is 0.117 e. The lowest BCUT2D eigenvalue weighted by Gasteiger charge is -2.44. The summed E-state index contributed by atoms with van der Waals surface area (Å²) in [5.74, 6) is 3.64. The van der Waals surface area contributed by atoms with Crippen molar-refractivity contribution in [3.8, 4) is 12.3 Å². The average Bonchev–Trinajstić information content (AvgIpc) is 2.87. The zero-order valence-electron chi connectivity index (χ0n) is 24.1. The zero-order valence-corrected chi connectivity index (χ0v) is 24.1. The van der Waals surface area contributed by atoms with Gasteiger partial charge in [0.2, 0.25) is 0 Å². The van der Waals surface area contributed by atoms with Crippen LogP contribution in [0.4, 0.5) is 5.69 Å². The van der Waals surface area contributed by atoms with E-state index in [-0.39, 0.29) is 11.5 Å². The fourth-order valence-corrected chi connectivity index (χ4v) is 5.81. The van der Waals surface area contributed by atoms with Crippen LogP contribution < -0.4 is 4.90 Å². The molecule has 0 bridgehead atoms. The number of hydrogen-bond donors (Lipinski definition) is 0. The smallest absolute Gasteiger partial charge is 0.117 e. The number of fused-ring (bicyclic) bond motifs is 2. The molecular weight excluding hydrogens is 446 g/mol. The molecule has 1 heterocycles. The topological polar surface area (TPSA) is 3.24 Å². The number of allylic oxidation sites excluding steroid dienone is 11. The third-order valence-corrected chi connectivity index (χ3v) is 7.32. The van der Waals surface area contributed by atoms with Crippen molar-refractivity contribution in [1.82, 2.24) is 0 Å². The van der Waals surface area contributed by atoms with Gasteiger partial charge in [0.05, 0.1) is 5.69 Å². The number of nitrogens with zero attached hydrogens (tertiary/aromatic N) is 1. The van der Waals surface area contributed by atoms with Gasteiger partial charge >= 0.3 is 0 Å². The average molecular weight is 492 g/mol. The molecule has 1 aliphatic carbocycles. The lowest BCUT2D eigenvalue weighted by Crippen LogP contribution is -2.42. The van der Waals surface area contributed by atoms with Crippen LogP contribution in [0.3, 0.4) is 0 Å². The highest BCUT2D eigenvalue weighted by Crippen LogP contribution is 2.48. The minimum absolute atomic E-state index is 0.125. The molecule has 2 unspecified atom stereocenters. The molecule has 0 radical (unpaired) electrons. The van der Waals surface area contributed by atoms with E-state index in [1.54, 1.807) is 0 Å². The van der Waals surface area contributed by atoms with E-state index in [2.05, 4.69) is 121 Å². The van der Waals surface area contributed by atoms with E-state index >= 15 is 0 Å². The lowest BCUT2D eigenvalue weighted by atomic mass is 9.74. The summed E-state index contributed by atoms with van der Waals surface area (Å²) in [6, 6.07) is 6.90. The first-order chi connectivity index (χ1) is 17.7. The first-order valence-corrected chi connectivity index (χ1v) is 13.8. The molecule has 37 heavy (non-hydrogen) atoms. The Morgan fingerprint density at radius 1 is 1.24 bits per heavy atom. The van der Waals surface area contributed by atoms with Gasteiger partial charge in [-0.2, -0.15) is 0 Å². The molecule has 0 aromatic heterocycles. The molecule has 1 aromatic rings. The summed E-state index contributed by atoms with van der Waals surface area (Å²) in [4.78, 5) is 2.45. The van der Waals surface area contributed by atoms with Crippen LogP contribution in [0.25, 0.3) is 5.57 Å². The second kappa shape index (κ2) is 12.3. The summed E-state index contributed by atoms with van der Waals surface area (Å²) in [6.07, 6.45) is 27.8. The van der Waals surface area contributed by atoms with Gasteiger partial charge in [-0.15, -0.1) is 6.42 Å². The van der Waals surface area contributed by atoms with Crippen LogP contribution in [0.1, 0.15) is 78.9 Å². The Morgan fingerprint density at radius 3 is 2.59 bits per heavy atom. The Hall–Kier alpha value is -3.24. The second-order valence-electron chi connectivity index (χ2n) is 11.3. The van der Waals surface area contributed by atoms with E-state index in [1.807, 2.05) is 12.2 Å². The minimum Gasteiger partial charge on any atom is -0.323 e. The number of anilines is 1. The van der Waals surface area contributed by atoms with E-state index in [9.17, 15) is 0 Å². The molecule has 0 N–H and O–H groups in total. The highest BCUT2D eigenvalue weighted by atomic mass is 15.2. The number of terminal acetylenes is 1. The van der Waals surface area contributed by atoms with Gasteiger partial charge in [-0.05, 0) is 97.8 Å². The first kappa shape index (κ1) is 28.3. The van der Waals surface area contributed by atoms with Crippen molar-refractivity contribution in [2.24, 2.45) is 11.3 Å². The minimum atomic E-state index is -0.125. The first-order valence-electron chi connectivity index (χ1n) is 13.8. The molecule has 1 aromatic carbocycles. The van der Waals surface area contributed by atoms with Gasteiger partial charge in [0.15, 0.2) is 0 Å². The van der Waals surface area contributed by atoms with Gasteiger partial charge in [0.25, 0.3) is 0 Å². The van der Waals surface area contributed by atoms with Crippen molar-refractivity contribution in [2.75, 3.05) is 4.90 Å². The highest BCUT2D eigenvalue weighted by molar-refractivity contribution is 5.92. The molecule has 194 valence electrons.